The molecule has 2 fully saturated rings. The number of hydrogen-bond acceptors (Lipinski definition) is 4. The van der Waals surface area contributed by atoms with Gasteiger partial charge in [0.2, 0.25) is 5.91 Å². The van der Waals surface area contributed by atoms with Crippen molar-refractivity contribution < 1.29 is 9.32 Å². The van der Waals surface area contributed by atoms with Crippen LogP contribution in [0, 0.1) is 5.41 Å². The Hall–Kier alpha value is -2.83. The highest BCUT2D eigenvalue weighted by Gasteiger charge is 2.42. The molecule has 3 heterocycles. The van der Waals surface area contributed by atoms with Gasteiger partial charge in [0.1, 0.15) is 5.69 Å². The quantitative estimate of drug-likeness (QED) is 0.641. The van der Waals surface area contributed by atoms with Gasteiger partial charge in [-0.05, 0) is 12.8 Å². The van der Waals surface area contributed by atoms with Gasteiger partial charge < -0.3 is 20.1 Å². The maximum absolute atomic E-state index is 11.7. The molecule has 4 rings (SSSR count). The van der Waals surface area contributed by atoms with Crippen LogP contribution >= 0.6 is 0 Å². The van der Waals surface area contributed by atoms with Gasteiger partial charge >= 0.3 is 0 Å². The standard InChI is InChI=1S/C20H25N5O2/c1-21-19(25-9-5-8-20(14-25)11-18(26)23-13-20)22-12-16-10-17(24-27-16)15-6-3-2-4-7-15/h2-4,6-7,10H,5,8-9,11-14H2,1H3,(H,21,22)(H,23,26). The third-order valence-electron chi connectivity index (χ3n) is 5.42. The molecule has 0 aliphatic carbocycles. The minimum atomic E-state index is 0.0413. The van der Waals surface area contributed by atoms with Gasteiger partial charge in [0.15, 0.2) is 11.7 Å². The first-order chi connectivity index (χ1) is 13.2. The SMILES string of the molecule is CN=C(NCc1cc(-c2ccccc2)no1)N1CCCC2(CNC(=O)C2)C1. The van der Waals surface area contributed by atoms with Gasteiger partial charge in [0.25, 0.3) is 0 Å². The van der Waals surface area contributed by atoms with Crippen LogP contribution in [0.1, 0.15) is 25.0 Å². The van der Waals surface area contributed by atoms with Crippen LogP contribution < -0.4 is 10.6 Å². The lowest BCUT2D eigenvalue weighted by Crippen LogP contribution is -2.51. The number of nitrogens with one attached hydrogen (secondary N) is 2. The van der Waals surface area contributed by atoms with E-state index < -0.39 is 0 Å². The Bertz CT molecular complexity index is 832. The number of rotatable bonds is 3. The number of amides is 1. The fourth-order valence-electron chi connectivity index (χ4n) is 4.07. The number of carbonyl (C=O) groups is 1. The molecule has 1 unspecified atom stereocenters. The number of aliphatic imine (C=N–C) groups is 1. The molecule has 7 nitrogen and oxygen atoms in total. The van der Waals surface area contributed by atoms with E-state index in [-0.39, 0.29) is 11.3 Å². The fourth-order valence-corrected chi connectivity index (χ4v) is 4.07. The minimum Gasteiger partial charge on any atom is -0.359 e. The molecule has 1 atom stereocenters. The molecule has 1 aromatic heterocycles. The number of piperidine rings is 1. The van der Waals surface area contributed by atoms with Crippen molar-refractivity contribution in [3.8, 4) is 11.3 Å². The van der Waals surface area contributed by atoms with Crippen LogP contribution in [-0.4, -0.2) is 48.6 Å². The molecule has 1 amide bonds. The van der Waals surface area contributed by atoms with Gasteiger partial charge in [0.05, 0.1) is 6.54 Å². The number of carbonyl (C=O) groups excluding carboxylic acids is 1. The monoisotopic (exact) mass is 367 g/mol. The van der Waals surface area contributed by atoms with E-state index in [0.29, 0.717) is 13.0 Å². The maximum Gasteiger partial charge on any atom is 0.220 e. The molecule has 1 aromatic carbocycles. The van der Waals surface area contributed by atoms with Crippen molar-refractivity contribution in [3.05, 3.63) is 42.2 Å². The van der Waals surface area contributed by atoms with Crippen molar-refractivity contribution in [2.24, 2.45) is 10.4 Å². The molecule has 2 aliphatic rings. The normalized spacial score (nSPS) is 22.9. The summed E-state index contributed by atoms with van der Waals surface area (Å²) in [6.45, 7) is 3.08. The second-order valence-electron chi connectivity index (χ2n) is 7.42. The largest absolute Gasteiger partial charge is 0.359 e. The number of benzene rings is 1. The fraction of sp³-hybridized carbons (Fsp3) is 0.450. The summed E-state index contributed by atoms with van der Waals surface area (Å²) in [5.74, 6) is 1.76. The highest BCUT2D eigenvalue weighted by Crippen LogP contribution is 2.36. The van der Waals surface area contributed by atoms with Crippen LogP contribution in [-0.2, 0) is 11.3 Å². The van der Waals surface area contributed by atoms with Crippen molar-refractivity contribution in [2.75, 3.05) is 26.7 Å². The lowest BCUT2D eigenvalue weighted by molar-refractivity contribution is -0.119. The van der Waals surface area contributed by atoms with Crippen molar-refractivity contribution in [2.45, 2.75) is 25.8 Å². The number of aromatic nitrogens is 1. The summed E-state index contributed by atoms with van der Waals surface area (Å²) in [4.78, 5) is 18.4. The van der Waals surface area contributed by atoms with Crippen LogP contribution in [0.15, 0.2) is 45.9 Å². The van der Waals surface area contributed by atoms with Gasteiger partial charge in [-0.15, -0.1) is 0 Å². The van der Waals surface area contributed by atoms with Crippen LogP contribution in [0.25, 0.3) is 11.3 Å². The number of guanidine groups is 1. The zero-order valence-electron chi connectivity index (χ0n) is 15.6. The molecular weight excluding hydrogens is 342 g/mol. The summed E-state index contributed by atoms with van der Waals surface area (Å²) >= 11 is 0. The molecule has 2 saturated heterocycles. The topological polar surface area (TPSA) is 82.8 Å². The molecule has 0 radical (unpaired) electrons. The molecule has 0 saturated carbocycles. The van der Waals surface area contributed by atoms with Gasteiger partial charge in [-0.2, -0.15) is 0 Å². The predicted octanol–water partition coefficient (Wildman–Crippen LogP) is 2.02. The van der Waals surface area contributed by atoms with Gasteiger partial charge in [-0.3, -0.25) is 9.79 Å². The highest BCUT2D eigenvalue weighted by molar-refractivity contribution is 5.81. The zero-order chi connectivity index (χ0) is 18.7. The van der Waals surface area contributed by atoms with E-state index in [0.717, 1.165) is 55.5 Å². The van der Waals surface area contributed by atoms with E-state index in [2.05, 4.69) is 25.7 Å². The molecule has 7 heteroatoms. The third-order valence-corrected chi connectivity index (χ3v) is 5.42. The highest BCUT2D eigenvalue weighted by atomic mass is 16.5. The molecule has 0 bridgehead atoms. The van der Waals surface area contributed by atoms with Crippen LogP contribution in [0.3, 0.4) is 0 Å². The molecule has 2 N–H and O–H groups in total. The van der Waals surface area contributed by atoms with Crippen molar-refractivity contribution in [1.82, 2.24) is 20.7 Å². The molecule has 27 heavy (non-hydrogen) atoms. The Kier molecular flexibility index (Phi) is 4.83. The van der Waals surface area contributed by atoms with Crippen LogP contribution in [0.5, 0.6) is 0 Å². The summed E-state index contributed by atoms with van der Waals surface area (Å²) in [6, 6.07) is 11.9. The van der Waals surface area contributed by atoms with E-state index in [1.54, 1.807) is 7.05 Å². The van der Waals surface area contributed by atoms with E-state index >= 15 is 0 Å². The minimum absolute atomic E-state index is 0.0413. The van der Waals surface area contributed by atoms with Crippen molar-refractivity contribution in [1.29, 1.82) is 0 Å². The molecule has 2 aromatic rings. The number of hydrogen-bond donors (Lipinski definition) is 2. The molecule has 142 valence electrons. The molecule has 2 aliphatic heterocycles. The summed E-state index contributed by atoms with van der Waals surface area (Å²) in [5, 5.41) is 10.5. The summed E-state index contributed by atoms with van der Waals surface area (Å²) in [5.41, 5.74) is 1.91. The summed E-state index contributed by atoms with van der Waals surface area (Å²) in [7, 11) is 1.79. The maximum atomic E-state index is 11.7. The molecular formula is C20H25N5O2. The average molecular weight is 367 g/mol. The average Bonchev–Trinajstić information content (AvgIpc) is 3.30. The third kappa shape index (κ3) is 3.82. The zero-order valence-corrected chi connectivity index (χ0v) is 15.6. The van der Waals surface area contributed by atoms with Crippen molar-refractivity contribution >= 4 is 11.9 Å². The Morgan fingerprint density at radius 2 is 2.26 bits per heavy atom. The Morgan fingerprint density at radius 3 is 3.00 bits per heavy atom. The van der Waals surface area contributed by atoms with Gasteiger partial charge in [-0.1, -0.05) is 35.5 Å². The molecule has 1 spiro atoms. The first kappa shape index (κ1) is 17.6. The lowest BCUT2D eigenvalue weighted by Gasteiger charge is -2.40. The van der Waals surface area contributed by atoms with E-state index in [9.17, 15) is 4.79 Å². The van der Waals surface area contributed by atoms with E-state index in [1.807, 2.05) is 36.4 Å². The van der Waals surface area contributed by atoms with Crippen LogP contribution in [0.2, 0.25) is 0 Å². The van der Waals surface area contributed by atoms with Crippen LogP contribution in [0.4, 0.5) is 0 Å². The number of likely N-dealkylation sites (tertiary alicyclic amines) is 1. The second kappa shape index (κ2) is 7.42. The second-order valence-corrected chi connectivity index (χ2v) is 7.42. The first-order valence-electron chi connectivity index (χ1n) is 9.41. The summed E-state index contributed by atoms with van der Waals surface area (Å²) in [6.07, 6.45) is 2.76. The van der Waals surface area contributed by atoms with E-state index in [1.165, 1.54) is 0 Å². The van der Waals surface area contributed by atoms with E-state index in [4.69, 9.17) is 4.52 Å². The van der Waals surface area contributed by atoms with Gasteiger partial charge in [0, 0.05) is 50.1 Å². The predicted molar refractivity (Wildman–Crippen MR) is 103 cm³/mol. The Morgan fingerprint density at radius 1 is 1.41 bits per heavy atom. The first-order valence-corrected chi connectivity index (χ1v) is 9.41. The number of nitrogens with zero attached hydrogens (tertiary/aromatic N) is 3. The van der Waals surface area contributed by atoms with Gasteiger partial charge in [-0.25, -0.2) is 0 Å². The lowest BCUT2D eigenvalue weighted by atomic mass is 9.79. The van der Waals surface area contributed by atoms with Crippen molar-refractivity contribution in [3.63, 3.8) is 0 Å². The Labute approximate surface area is 158 Å². The smallest absolute Gasteiger partial charge is 0.220 e. The Balaban J connectivity index is 1.38. The summed E-state index contributed by atoms with van der Waals surface area (Å²) < 4.78 is 5.47.